The Labute approximate surface area is 112 Å². The number of rotatable bonds is 3. The second kappa shape index (κ2) is 6.01. The number of hydrogen-bond donors (Lipinski definition) is 0. The van der Waals surface area contributed by atoms with Gasteiger partial charge in [-0.1, -0.05) is 6.08 Å². The number of hydrogen-bond acceptors (Lipinski definition) is 4. The highest BCUT2D eigenvalue weighted by molar-refractivity contribution is 5.87. The normalized spacial score (nSPS) is 18.5. The molecule has 0 spiro atoms. The molecule has 0 N–H and O–H groups in total. The van der Waals surface area contributed by atoms with Gasteiger partial charge in [-0.15, -0.1) is 0 Å². The van der Waals surface area contributed by atoms with Gasteiger partial charge in [-0.3, -0.25) is 4.79 Å². The van der Waals surface area contributed by atoms with E-state index >= 15 is 0 Å². The van der Waals surface area contributed by atoms with E-state index in [4.69, 9.17) is 10.00 Å². The summed E-state index contributed by atoms with van der Waals surface area (Å²) in [4.78, 5) is 17.5. The van der Waals surface area contributed by atoms with E-state index in [9.17, 15) is 4.79 Å². The predicted molar refractivity (Wildman–Crippen MR) is 69.4 cm³/mol. The minimum Gasteiger partial charge on any atom is -0.472 e. The third kappa shape index (κ3) is 3.32. The maximum absolute atomic E-state index is 11.7. The van der Waals surface area contributed by atoms with Crippen LogP contribution in [0.25, 0.3) is 0 Å². The van der Waals surface area contributed by atoms with Crippen molar-refractivity contribution in [2.45, 2.75) is 19.4 Å². The van der Waals surface area contributed by atoms with Gasteiger partial charge in [0, 0.05) is 25.2 Å². The number of nitrogens with zero attached hydrogens (tertiary/aromatic N) is 3. The number of allylic oxidation sites excluding steroid dienone is 1. The Kier molecular flexibility index (Phi) is 4.14. The maximum atomic E-state index is 11.7. The minimum absolute atomic E-state index is 0.00679. The highest BCUT2D eigenvalue weighted by Gasteiger charge is 2.26. The van der Waals surface area contributed by atoms with E-state index < -0.39 is 0 Å². The van der Waals surface area contributed by atoms with E-state index in [-0.39, 0.29) is 12.0 Å². The SMILES string of the molecule is C/C=C/C(=O)N1CCC(Oc2cc(C#N)ccn2)C1. The molecule has 1 saturated heterocycles. The van der Waals surface area contributed by atoms with Crippen molar-refractivity contribution in [1.29, 1.82) is 5.26 Å². The van der Waals surface area contributed by atoms with Gasteiger partial charge in [-0.2, -0.15) is 5.26 Å². The molecule has 0 radical (unpaired) electrons. The topological polar surface area (TPSA) is 66.2 Å². The monoisotopic (exact) mass is 257 g/mol. The molecule has 1 atom stereocenters. The molecule has 0 saturated carbocycles. The molecule has 1 aliphatic heterocycles. The Morgan fingerprint density at radius 2 is 2.53 bits per heavy atom. The molecule has 98 valence electrons. The number of nitriles is 1. The van der Waals surface area contributed by atoms with Gasteiger partial charge in [0.25, 0.3) is 0 Å². The number of carbonyl (C=O) groups excluding carboxylic acids is 1. The fourth-order valence-electron chi connectivity index (χ4n) is 1.99. The molecule has 5 heteroatoms. The van der Waals surface area contributed by atoms with Gasteiger partial charge >= 0.3 is 0 Å². The van der Waals surface area contributed by atoms with Crippen LogP contribution in [-0.4, -0.2) is 35.0 Å². The van der Waals surface area contributed by atoms with Gasteiger partial charge < -0.3 is 9.64 Å². The summed E-state index contributed by atoms with van der Waals surface area (Å²) >= 11 is 0. The largest absolute Gasteiger partial charge is 0.472 e. The lowest BCUT2D eigenvalue weighted by Gasteiger charge is -2.15. The lowest BCUT2D eigenvalue weighted by molar-refractivity contribution is -0.125. The van der Waals surface area contributed by atoms with Gasteiger partial charge in [0.2, 0.25) is 11.8 Å². The van der Waals surface area contributed by atoms with Gasteiger partial charge in [0.15, 0.2) is 0 Å². The number of ether oxygens (including phenoxy) is 1. The predicted octanol–water partition coefficient (Wildman–Crippen LogP) is 1.51. The average Bonchev–Trinajstić information content (AvgIpc) is 2.88. The van der Waals surface area contributed by atoms with Crippen molar-refractivity contribution >= 4 is 5.91 Å². The van der Waals surface area contributed by atoms with Crippen molar-refractivity contribution in [2.24, 2.45) is 0 Å². The molecule has 5 nitrogen and oxygen atoms in total. The smallest absolute Gasteiger partial charge is 0.246 e. The van der Waals surface area contributed by atoms with E-state index in [0.29, 0.717) is 24.5 Å². The average molecular weight is 257 g/mol. The first-order valence-corrected chi connectivity index (χ1v) is 6.17. The molecule has 2 rings (SSSR count). The number of likely N-dealkylation sites (tertiary alicyclic amines) is 1. The van der Waals surface area contributed by atoms with Crippen LogP contribution in [0.15, 0.2) is 30.5 Å². The Bertz CT molecular complexity index is 534. The standard InChI is InChI=1S/C14H15N3O2/c1-2-3-14(18)17-7-5-12(10-17)19-13-8-11(9-15)4-6-16-13/h2-4,6,8,12H,5,7,10H2,1H3/b3-2+. The molecule has 0 bridgehead atoms. The van der Waals surface area contributed by atoms with Crippen molar-refractivity contribution in [3.8, 4) is 11.9 Å². The molecule has 1 aromatic heterocycles. The van der Waals surface area contributed by atoms with Crippen LogP contribution < -0.4 is 4.74 Å². The second-order valence-electron chi connectivity index (χ2n) is 4.31. The van der Waals surface area contributed by atoms with Crippen LogP contribution in [-0.2, 0) is 4.79 Å². The molecule has 19 heavy (non-hydrogen) atoms. The summed E-state index contributed by atoms with van der Waals surface area (Å²) in [5.74, 6) is 0.441. The number of aromatic nitrogens is 1. The van der Waals surface area contributed by atoms with E-state index in [0.717, 1.165) is 6.42 Å². The molecule has 2 heterocycles. The van der Waals surface area contributed by atoms with Crippen LogP contribution in [0, 0.1) is 11.3 Å². The third-order valence-corrected chi connectivity index (χ3v) is 2.92. The van der Waals surface area contributed by atoms with Crippen LogP contribution in [0.4, 0.5) is 0 Å². The van der Waals surface area contributed by atoms with E-state index in [1.165, 1.54) is 0 Å². The Hall–Kier alpha value is -2.35. The minimum atomic E-state index is -0.0596. The van der Waals surface area contributed by atoms with Crippen molar-refractivity contribution < 1.29 is 9.53 Å². The summed E-state index contributed by atoms with van der Waals surface area (Å²) in [7, 11) is 0. The molecule has 1 aromatic rings. The van der Waals surface area contributed by atoms with Gasteiger partial charge in [-0.05, 0) is 19.1 Å². The molecule has 0 aliphatic carbocycles. The molecular formula is C14H15N3O2. The molecule has 1 fully saturated rings. The first-order valence-electron chi connectivity index (χ1n) is 6.17. The third-order valence-electron chi connectivity index (χ3n) is 2.92. The van der Waals surface area contributed by atoms with Gasteiger partial charge in [0.05, 0.1) is 18.2 Å². The summed E-state index contributed by atoms with van der Waals surface area (Å²) in [6, 6.07) is 5.28. The lowest BCUT2D eigenvalue weighted by Crippen LogP contribution is -2.29. The molecular weight excluding hydrogens is 242 g/mol. The summed E-state index contributed by atoms with van der Waals surface area (Å²) in [6.45, 7) is 3.06. The van der Waals surface area contributed by atoms with Crippen LogP contribution in [0.1, 0.15) is 18.9 Å². The fourth-order valence-corrected chi connectivity index (χ4v) is 1.99. The van der Waals surface area contributed by atoms with E-state index in [1.807, 2.05) is 13.0 Å². The van der Waals surface area contributed by atoms with Crippen molar-refractivity contribution in [3.63, 3.8) is 0 Å². The number of carbonyl (C=O) groups is 1. The van der Waals surface area contributed by atoms with Crippen molar-refractivity contribution in [3.05, 3.63) is 36.0 Å². The number of pyridine rings is 1. The summed E-state index contributed by atoms with van der Waals surface area (Å²) < 4.78 is 5.70. The molecule has 1 amide bonds. The van der Waals surface area contributed by atoms with Crippen LogP contribution >= 0.6 is 0 Å². The highest BCUT2D eigenvalue weighted by Crippen LogP contribution is 2.17. The first-order chi connectivity index (χ1) is 9.22. The van der Waals surface area contributed by atoms with Gasteiger partial charge in [-0.25, -0.2) is 4.98 Å². The summed E-state index contributed by atoms with van der Waals surface area (Å²) in [5, 5.41) is 8.80. The van der Waals surface area contributed by atoms with E-state index in [2.05, 4.69) is 4.98 Å². The maximum Gasteiger partial charge on any atom is 0.246 e. The zero-order chi connectivity index (χ0) is 13.7. The van der Waals surface area contributed by atoms with Crippen LogP contribution in [0.5, 0.6) is 5.88 Å². The summed E-state index contributed by atoms with van der Waals surface area (Å²) in [6.07, 6.45) is 5.55. The fraction of sp³-hybridized carbons (Fsp3) is 0.357. The van der Waals surface area contributed by atoms with E-state index in [1.54, 1.807) is 35.4 Å². The number of amides is 1. The Balaban J connectivity index is 1.95. The Morgan fingerprint density at radius 3 is 3.26 bits per heavy atom. The second-order valence-corrected chi connectivity index (χ2v) is 4.31. The van der Waals surface area contributed by atoms with Crippen LogP contribution in [0.2, 0.25) is 0 Å². The van der Waals surface area contributed by atoms with Crippen LogP contribution in [0.3, 0.4) is 0 Å². The Morgan fingerprint density at radius 1 is 1.68 bits per heavy atom. The molecule has 0 aromatic carbocycles. The zero-order valence-corrected chi connectivity index (χ0v) is 10.7. The summed E-state index contributed by atoms with van der Waals surface area (Å²) in [5.41, 5.74) is 0.518. The zero-order valence-electron chi connectivity index (χ0n) is 10.7. The van der Waals surface area contributed by atoms with Crippen molar-refractivity contribution in [2.75, 3.05) is 13.1 Å². The van der Waals surface area contributed by atoms with Crippen molar-refractivity contribution in [1.82, 2.24) is 9.88 Å². The highest BCUT2D eigenvalue weighted by atomic mass is 16.5. The first kappa shape index (κ1) is 13.1. The quantitative estimate of drug-likeness (QED) is 0.770. The lowest BCUT2D eigenvalue weighted by atomic mass is 10.3. The molecule has 1 unspecified atom stereocenters. The van der Waals surface area contributed by atoms with Gasteiger partial charge in [0.1, 0.15) is 6.10 Å². The molecule has 1 aliphatic rings.